The molecule has 0 radical (unpaired) electrons. The number of hydrogen-bond donors (Lipinski definition) is 1. The molecule has 2 rings (SSSR count). The van der Waals surface area contributed by atoms with Crippen LogP contribution in [0.4, 0.5) is 0 Å². The zero-order valence-electron chi connectivity index (χ0n) is 11.4. The molecule has 0 saturated heterocycles. The molecule has 1 aromatic heterocycles. The van der Waals surface area contributed by atoms with Gasteiger partial charge in [-0.2, -0.15) is 0 Å². The normalized spacial score (nSPS) is 10.6. The van der Waals surface area contributed by atoms with Crippen LogP contribution in [0, 0.1) is 6.92 Å². The van der Waals surface area contributed by atoms with Crippen molar-refractivity contribution in [2.45, 2.75) is 20.4 Å². The lowest BCUT2D eigenvalue weighted by Crippen LogP contribution is -2.12. The Morgan fingerprint density at radius 3 is 2.45 bits per heavy atom. The van der Waals surface area contributed by atoms with Gasteiger partial charge in [0.1, 0.15) is 5.75 Å². The third-order valence-electron chi connectivity index (χ3n) is 2.63. The van der Waals surface area contributed by atoms with Gasteiger partial charge in [0.2, 0.25) is 5.88 Å². The van der Waals surface area contributed by atoms with Crippen LogP contribution in [0.15, 0.2) is 30.3 Å². The van der Waals surface area contributed by atoms with Crippen molar-refractivity contribution < 1.29 is 4.74 Å². The van der Waals surface area contributed by atoms with Crippen molar-refractivity contribution in [3.8, 4) is 11.6 Å². The highest BCUT2D eigenvalue weighted by Crippen LogP contribution is 2.28. The number of aryl methyl sites for hydroxylation is 1. The molecule has 3 nitrogen and oxygen atoms in total. The second-order valence-corrected chi connectivity index (χ2v) is 5.32. The molecule has 0 amide bonds. The number of nitrogens with one attached hydrogen (secondary N) is 1. The van der Waals surface area contributed by atoms with Gasteiger partial charge in [0.15, 0.2) is 0 Å². The largest absolute Gasteiger partial charge is 0.439 e. The molecule has 1 heterocycles. The van der Waals surface area contributed by atoms with Crippen LogP contribution in [0.3, 0.4) is 0 Å². The molecule has 20 heavy (non-hydrogen) atoms. The van der Waals surface area contributed by atoms with E-state index < -0.39 is 0 Å². The van der Waals surface area contributed by atoms with E-state index in [4.69, 9.17) is 27.9 Å². The molecular formula is C15H16Cl2N2O. The summed E-state index contributed by atoms with van der Waals surface area (Å²) >= 11 is 11.9. The van der Waals surface area contributed by atoms with Crippen LogP contribution in [0.2, 0.25) is 10.0 Å². The van der Waals surface area contributed by atoms with Gasteiger partial charge in [-0.25, -0.2) is 4.98 Å². The Balaban J connectivity index is 2.21. The van der Waals surface area contributed by atoms with E-state index in [-0.39, 0.29) is 0 Å². The Morgan fingerprint density at radius 1 is 1.10 bits per heavy atom. The van der Waals surface area contributed by atoms with Gasteiger partial charge in [0.05, 0.1) is 0 Å². The molecule has 0 aliphatic heterocycles. The summed E-state index contributed by atoms with van der Waals surface area (Å²) in [5.74, 6) is 1.12. The van der Waals surface area contributed by atoms with E-state index >= 15 is 0 Å². The van der Waals surface area contributed by atoms with Crippen molar-refractivity contribution in [1.29, 1.82) is 0 Å². The molecule has 0 aliphatic carbocycles. The van der Waals surface area contributed by atoms with Gasteiger partial charge in [-0.3, -0.25) is 0 Å². The Hall–Kier alpha value is -1.29. The smallest absolute Gasteiger partial charge is 0.219 e. The standard InChI is InChI=1S/C15H16Cl2N2O/c1-3-18-9-11-4-10(2)19-15(5-11)20-14-7-12(16)6-13(17)8-14/h4-8,18H,3,9H2,1-2H3. The third kappa shape index (κ3) is 4.37. The lowest BCUT2D eigenvalue weighted by Gasteiger charge is -2.09. The lowest BCUT2D eigenvalue weighted by molar-refractivity contribution is 0.460. The van der Waals surface area contributed by atoms with Crippen molar-refractivity contribution in [3.63, 3.8) is 0 Å². The maximum atomic E-state index is 5.95. The summed E-state index contributed by atoms with van der Waals surface area (Å²) < 4.78 is 5.73. The summed E-state index contributed by atoms with van der Waals surface area (Å²) in [4.78, 5) is 4.36. The monoisotopic (exact) mass is 310 g/mol. The van der Waals surface area contributed by atoms with Crippen LogP contribution in [-0.4, -0.2) is 11.5 Å². The van der Waals surface area contributed by atoms with Gasteiger partial charge in [-0.05, 0) is 43.3 Å². The van der Waals surface area contributed by atoms with Gasteiger partial charge in [-0.1, -0.05) is 30.1 Å². The van der Waals surface area contributed by atoms with E-state index in [0.29, 0.717) is 21.7 Å². The Kier molecular flexibility index (Phi) is 5.24. The number of ether oxygens (including phenoxy) is 1. The van der Waals surface area contributed by atoms with E-state index in [2.05, 4.69) is 17.2 Å². The van der Waals surface area contributed by atoms with Gasteiger partial charge >= 0.3 is 0 Å². The zero-order valence-corrected chi connectivity index (χ0v) is 12.9. The first kappa shape index (κ1) is 15.1. The number of hydrogen-bond acceptors (Lipinski definition) is 3. The predicted octanol–water partition coefficient (Wildman–Crippen LogP) is 4.60. The Morgan fingerprint density at radius 2 is 1.80 bits per heavy atom. The molecular weight excluding hydrogens is 295 g/mol. The van der Waals surface area contributed by atoms with Crippen molar-refractivity contribution in [3.05, 3.63) is 51.6 Å². The minimum Gasteiger partial charge on any atom is -0.439 e. The van der Waals surface area contributed by atoms with Crippen LogP contribution in [0.5, 0.6) is 11.6 Å². The Labute approximate surface area is 128 Å². The first-order valence-electron chi connectivity index (χ1n) is 6.39. The second kappa shape index (κ2) is 6.93. The SMILES string of the molecule is CCNCc1cc(C)nc(Oc2cc(Cl)cc(Cl)c2)c1. The lowest BCUT2D eigenvalue weighted by atomic mass is 10.2. The topological polar surface area (TPSA) is 34.2 Å². The van der Waals surface area contributed by atoms with Crippen LogP contribution < -0.4 is 10.1 Å². The van der Waals surface area contributed by atoms with E-state index in [1.54, 1.807) is 18.2 Å². The molecule has 0 fully saturated rings. The average molecular weight is 311 g/mol. The predicted molar refractivity (Wildman–Crippen MR) is 82.9 cm³/mol. The first-order valence-corrected chi connectivity index (χ1v) is 7.14. The quantitative estimate of drug-likeness (QED) is 0.876. The van der Waals surface area contributed by atoms with E-state index in [1.165, 1.54) is 0 Å². The van der Waals surface area contributed by atoms with Gasteiger partial charge < -0.3 is 10.1 Å². The summed E-state index contributed by atoms with van der Waals surface area (Å²) in [6, 6.07) is 9.02. The molecule has 0 atom stereocenters. The third-order valence-corrected chi connectivity index (χ3v) is 3.06. The van der Waals surface area contributed by atoms with Crippen molar-refractivity contribution >= 4 is 23.2 Å². The van der Waals surface area contributed by atoms with Gasteiger partial charge in [0, 0.05) is 28.4 Å². The van der Waals surface area contributed by atoms with Crippen molar-refractivity contribution in [2.75, 3.05) is 6.54 Å². The molecule has 2 aromatic rings. The fourth-order valence-electron chi connectivity index (χ4n) is 1.84. The maximum absolute atomic E-state index is 5.95. The molecule has 1 N–H and O–H groups in total. The molecule has 0 spiro atoms. The summed E-state index contributed by atoms with van der Waals surface area (Å²) in [5.41, 5.74) is 2.03. The average Bonchev–Trinajstić information content (AvgIpc) is 2.34. The fraction of sp³-hybridized carbons (Fsp3) is 0.267. The molecule has 106 valence electrons. The molecule has 5 heteroatoms. The number of aromatic nitrogens is 1. The number of nitrogens with zero attached hydrogens (tertiary/aromatic N) is 1. The minimum absolute atomic E-state index is 0.535. The molecule has 0 bridgehead atoms. The fourth-order valence-corrected chi connectivity index (χ4v) is 2.34. The molecule has 0 aliphatic rings. The Bertz CT molecular complexity index is 582. The van der Waals surface area contributed by atoms with Gasteiger partial charge in [0.25, 0.3) is 0 Å². The van der Waals surface area contributed by atoms with E-state index in [9.17, 15) is 0 Å². The number of rotatable bonds is 5. The highest BCUT2D eigenvalue weighted by Gasteiger charge is 2.05. The van der Waals surface area contributed by atoms with Crippen LogP contribution >= 0.6 is 23.2 Å². The van der Waals surface area contributed by atoms with E-state index in [1.807, 2.05) is 19.1 Å². The van der Waals surface area contributed by atoms with Gasteiger partial charge in [-0.15, -0.1) is 0 Å². The van der Waals surface area contributed by atoms with Crippen LogP contribution in [0.25, 0.3) is 0 Å². The summed E-state index contributed by atoms with van der Waals surface area (Å²) in [7, 11) is 0. The maximum Gasteiger partial charge on any atom is 0.219 e. The number of benzene rings is 1. The highest BCUT2D eigenvalue weighted by atomic mass is 35.5. The van der Waals surface area contributed by atoms with Crippen LogP contribution in [0.1, 0.15) is 18.2 Å². The van der Waals surface area contributed by atoms with Crippen molar-refractivity contribution in [2.24, 2.45) is 0 Å². The first-order chi connectivity index (χ1) is 9.56. The van der Waals surface area contributed by atoms with Crippen molar-refractivity contribution in [1.82, 2.24) is 10.3 Å². The minimum atomic E-state index is 0.535. The molecule has 0 saturated carbocycles. The summed E-state index contributed by atoms with van der Waals surface area (Å²) in [6.45, 7) is 5.71. The van der Waals surface area contributed by atoms with Crippen LogP contribution in [-0.2, 0) is 6.54 Å². The summed E-state index contributed by atoms with van der Waals surface area (Å²) in [5, 5.41) is 4.35. The molecule has 1 aromatic carbocycles. The molecule has 0 unspecified atom stereocenters. The highest BCUT2D eigenvalue weighted by molar-refractivity contribution is 6.34. The second-order valence-electron chi connectivity index (χ2n) is 4.44. The zero-order chi connectivity index (χ0) is 14.5. The number of halogens is 2. The number of pyridine rings is 1. The van der Waals surface area contributed by atoms with E-state index in [0.717, 1.165) is 24.3 Å². The summed E-state index contributed by atoms with van der Waals surface area (Å²) in [6.07, 6.45) is 0.